The molecule has 1 aliphatic heterocycles. The fraction of sp³-hybridized carbons (Fsp3) is 0.600. The fourth-order valence-electron chi connectivity index (χ4n) is 2.57. The van der Waals surface area contributed by atoms with Crippen LogP contribution in [0.3, 0.4) is 0 Å². The summed E-state index contributed by atoms with van der Waals surface area (Å²) >= 11 is 0. The standard InChI is InChI=1S/C15H24N2.2ClH/c1-17(2)12-15-5-3-13(4-6-15)11-14-7-9-16-10-8-14;;/h3-6,14,16H,7-12H2,1-2H3;2*1H. The second-order valence-corrected chi connectivity index (χ2v) is 5.45. The number of piperidine rings is 1. The summed E-state index contributed by atoms with van der Waals surface area (Å²) in [6.07, 6.45) is 3.92. The molecule has 1 fully saturated rings. The van der Waals surface area contributed by atoms with Crippen molar-refractivity contribution < 1.29 is 0 Å². The summed E-state index contributed by atoms with van der Waals surface area (Å²) < 4.78 is 0. The molecule has 0 saturated carbocycles. The lowest BCUT2D eigenvalue weighted by Gasteiger charge is -2.22. The van der Waals surface area contributed by atoms with Crippen molar-refractivity contribution in [2.45, 2.75) is 25.8 Å². The predicted molar refractivity (Wildman–Crippen MR) is 87.6 cm³/mol. The molecule has 1 heterocycles. The average molecular weight is 305 g/mol. The van der Waals surface area contributed by atoms with Crippen molar-refractivity contribution in [1.29, 1.82) is 0 Å². The second-order valence-electron chi connectivity index (χ2n) is 5.45. The highest BCUT2D eigenvalue weighted by Crippen LogP contribution is 2.18. The highest BCUT2D eigenvalue weighted by molar-refractivity contribution is 5.85. The molecule has 1 N–H and O–H groups in total. The van der Waals surface area contributed by atoms with Crippen molar-refractivity contribution in [3.63, 3.8) is 0 Å². The van der Waals surface area contributed by atoms with Gasteiger partial charge in [0.15, 0.2) is 0 Å². The third kappa shape index (κ3) is 6.62. The van der Waals surface area contributed by atoms with Gasteiger partial charge in [-0.15, -0.1) is 24.8 Å². The first-order valence-electron chi connectivity index (χ1n) is 6.67. The second kappa shape index (κ2) is 9.60. The molecule has 0 amide bonds. The van der Waals surface area contributed by atoms with E-state index in [4.69, 9.17) is 0 Å². The Balaban J connectivity index is 0.00000162. The molecular formula is C15H26Cl2N2. The van der Waals surface area contributed by atoms with Gasteiger partial charge in [0.1, 0.15) is 0 Å². The molecule has 0 unspecified atom stereocenters. The van der Waals surface area contributed by atoms with Crippen LogP contribution in [-0.4, -0.2) is 32.1 Å². The van der Waals surface area contributed by atoms with Gasteiger partial charge in [-0.1, -0.05) is 24.3 Å². The highest BCUT2D eigenvalue weighted by Gasteiger charge is 2.13. The van der Waals surface area contributed by atoms with Crippen LogP contribution >= 0.6 is 24.8 Å². The summed E-state index contributed by atoms with van der Waals surface area (Å²) in [6.45, 7) is 3.43. The van der Waals surface area contributed by atoms with Gasteiger partial charge in [-0.3, -0.25) is 0 Å². The Morgan fingerprint density at radius 1 is 1.00 bits per heavy atom. The molecule has 19 heavy (non-hydrogen) atoms. The van der Waals surface area contributed by atoms with Gasteiger partial charge in [-0.05, 0) is 63.5 Å². The zero-order valence-corrected chi connectivity index (χ0v) is 13.5. The molecule has 0 atom stereocenters. The van der Waals surface area contributed by atoms with Crippen molar-refractivity contribution in [3.8, 4) is 0 Å². The number of nitrogens with one attached hydrogen (secondary N) is 1. The number of rotatable bonds is 4. The molecule has 4 heteroatoms. The topological polar surface area (TPSA) is 15.3 Å². The Kier molecular flexibility index (Phi) is 9.46. The minimum absolute atomic E-state index is 0. The summed E-state index contributed by atoms with van der Waals surface area (Å²) in [6, 6.07) is 9.16. The van der Waals surface area contributed by atoms with Crippen molar-refractivity contribution in [3.05, 3.63) is 35.4 Å². The monoisotopic (exact) mass is 304 g/mol. The van der Waals surface area contributed by atoms with E-state index in [1.165, 1.54) is 43.5 Å². The Morgan fingerprint density at radius 3 is 2.05 bits per heavy atom. The Labute approximate surface area is 129 Å². The van der Waals surface area contributed by atoms with Crippen LogP contribution in [0.25, 0.3) is 0 Å². The molecule has 2 nitrogen and oxygen atoms in total. The van der Waals surface area contributed by atoms with Gasteiger partial charge in [0.25, 0.3) is 0 Å². The molecule has 0 radical (unpaired) electrons. The molecule has 1 saturated heterocycles. The van der Waals surface area contributed by atoms with Crippen LogP contribution in [-0.2, 0) is 13.0 Å². The molecule has 0 bridgehead atoms. The zero-order chi connectivity index (χ0) is 12.1. The van der Waals surface area contributed by atoms with E-state index in [9.17, 15) is 0 Å². The normalized spacial score (nSPS) is 15.7. The van der Waals surface area contributed by atoms with Crippen molar-refractivity contribution in [2.75, 3.05) is 27.2 Å². The van der Waals surface area contributed by atoms with E-state index in [2.05, 4.69) is 48.6 Å². The maximum absolute atomic E-state index is 3.43. The molecular weight excluding hydrogens is 279 g/mol. The van der Waals surface area contributed by atoms with Gasteiger partial charge in [-0.2, -0.15) is 0 Å². The van der Waals surface area contributed by atoms with E-state index in [0.29, 0.717) is 0 Å². The first-order valence-corrected chi connectivity index (χ1v) is 6.67. The molecule has 0 spiro atoms. The van der Waals surface area contributed by atoms with Crippen molar-refractivity contribution in [2.24, 2.45) is 5.92 Å². The highest BCUT2D eigenvalue weighted by atomic mass is 35.5. The largest absolute Gasteiger partial charge is 0.317 e. The lowest BCUT2D eigenvalue weighted by Crippen LogP contribution is -2.28. The number of halogens is 2. The van der Waals surface area contributed by atoms with E-state index >= 15 is 0 Å². The van der Waals surface area contributed by atoms with Gasteiger partial charge < -0.3 is 10.2 Å². The first-order chi connectivity index (χ1) is 8.24. The van der Waals surface area contributed by atoms with Crippen LogP contribution in [0.1, 0.15) is 24.0 Å². The number of hydrogen-bond donors (Lipinski definition) is 1. The van der Waals surface area contributed by atoms with Gasteiger partial charge >= 0.3 is 0 Å². The average Bonchev–Trinajstić information content (AvgIpc) is 2.32. The lowest BCUT2D eigenvalue weighted by molar-refractivity contribution is 0.372. The van der Waals surface area contributed by atoms with Gasteiger partial charge in [0.05, 0.1) is 0 Å². The van der Waals surface area contributed by atoms with Crippen LogP contribution in [0, 0.1) is 5.92 Å². The minimum Gasteiger partial charge on any atom is -0.317 e. The van der Waals surface area contributed by atoms with Crippen LogP contribution in [0.5, 0.6) is 0 Å². The maximum atomic E-state index is 3.43. The van der Waals surface area contributed by atoms with Gasteiger partial charge in [-0.25, -0.2) is 0 Å². The van der Waals surface area contributed by atoms with Crippen LogP contribution < -0.4 is 5.32 Å². The van der Waals surface area contributed by atoms with E-state index < -0.39 is 0 Å². The van der Waals surface area contributed by atoms with Gasteiger partial charge in [0, 0.05) is 6.54 Å². The molecule has 1 aliphatic rings. The van der Waals surface area contributed by atoms with E-state index in [1.807, 2.05) is 0 Å². The third-order valence-corrected chi connectivity index (χ3v) is 3.50. The summed E-state index contributed by atoms with van der Waals surface area (Å²) in [4.78, 5) is 2.21. The predicted octanol–water partition coefficient (Wildman–Crippen LogP) is 3.13. The molecule has 110 valence electrons. The summed E-state index contributed by atoms with van der Waals surface area (Å²) in [5, 5.41) is 3.43. The molecule has 1 aromatic carbocycles. The Morgan fingerprint density at radius 2 is 1.53 bits per heavy atom. The van der Waals surface area contributed by atoms with E-state index in [1.54, 1.807) is 0 Å². The molecule has 2 rings (SSSR count). The first kappa shape index (κ1) is 18.7. The molecule has 0 aromatic heterocycles. The van der Waals surface area contributed by atoms with Crippen LogP contribution in [0.2, 0.25) is 0 Å². The van der Waals surface area contributed by atoms with Crippen molar-refractivity contribution >= 4 is 24.8 Å². The SMILES string of the molecule is CN(C)Cc1ccc(CC2CCNCC2)cc1.Cl.Cl. The van der Waals surface area contributed by atoms with Crippen molar-refractivity contribution in [1.82, 2.24) is 10.2 Å². The molecule has 0 aliphatic carbocycles. The van der Waals surface area contributed by atoms with Crippen LogP contribution in [0.4, 0.5) is 0 Å². The quantitative estimate of drug-likeness (QED) is 0.919. The number of nitrogens with zero attached hydrogens (tertiary/aromatic N) is 1. The lowest BCUT2D eigenvalue weighted by atomic mass is 9.91. The van der Waals surface area contributed by atoms with E-state index in [0.717, 1.165) is 12.5 Å². The van der Waals surface area contributed by atoms with Crippen LogP contribution in [0.15, 0.2) is 24.3 Å². The van der Waals surface area contributed by atoms with E-state index in [-0.39, 0.29) is 24.8 Å². The third-order valence-electron chi connectivity index (χ3n) is 3.50. The van der Waals surface area contributed by atoms with Gasteiger partial charge in [0.2, 0.25) is 0 Å². The summed E-state index contributed by atoms with van der Waals surface area (Å²) in [5.74, 6) is 0.885. The zero-order valence-electron chi connectivity index (χ0n) is 11.9. The summed E-state index contributed by atoms with van der Waals surface area (Å²) in [5.41, 5.74) is 2.91. The Hall–Kier alpha value is -0.280. The summed E-state index contributed by atoms with van der Waals surface area (Å²) in [7, 11) is 4.23. The number of benzene rings is 1. The maximum Gasteiger partial charge on any atom is 0.0227 e. The smallest absolute Gasteiger partial charge is 0.0227 e. The Bertz CT molecular complexity index is 333. The number of hydrogen-bond acceptors (Lipinski definition) is 2. The fourth-order valence-corrected chi connectivity index (χ4v) is 2.57. The minimum atomic E-state index is 0. The molecule has 1 aromatic rings.